The molecule has 0 radical (unpaired) electrons. The second-order valence-electron chi connectivity index (χ2n) is 6.05. The van der Waals surface area contributed by atoms with E-state index in [1.807, 2.05) is 31.4 Å². The van der Waals surface area contributed by atoms with Gasteiger partial charge in [-0.1, -0.05) is 0 Å². The molecule has 10 heteroatoms. The van der Waals surface area contributed by atoms with Crippen molar-refractivity contribution in [1.82, 2.24) is 20.2 Å². The number of esters is 1. The van der Waals surface area contributed by atoms with Crippen molar-refractivity contribution in [3.05, 3.63) is 59.4 Å². The highest BCUT2D eigenvalue weighted by molar-refractivity contribution is 8.03. The van der Waals surface area contributed by atoms with Crippen LogP contribution in [0.1, 0.15) is 21.5 Å². The molecule has 0 unspecified atom stereocenters. The fraction of sp³-hybridized carbons (Fsp3) is 0.158. The summed E-state index contributed by atoms with van der Waals surface area (Å²) in [7, 11) is 0. The molecule has 1 amide bonds. The Morgan fingerprint density at radius 2 is 1.90 bits per heavy atom. The number of thioether (sulfide) groups is 1. The zero-order chi connectivity index (χ0) is 20.8. The molecular weight excluding hydrogens is 392 g/mol. The second-order valence-corrected chi connectivity index (χ2v) is 6.91. The lowest BCUT2D eigenvalue weighted by Gasteiger charge is -2.13. The summed E-state index contributed by atoms with van der Waals surface area (Å²) in [5.74, 6) is -1.06. The molecule has 0 aliphatic heterocycles. The topological polar surface area (TPSA) is 123 Å². The molecule has 1 aromatic heterocycles. The minimum atomic E-state index is -0.613. The summed E-state index contributed by atoms with van der Waals surface area (Å²) in [4.78, 5) is 25.2. The van der Waals surface area contributed by atoms with E-state index in [0.29, 0.717) is 16.9 Å². The first kappa shape index (κ1) is 20.0. The van der Waals surface area contributed by atoms with Crippen LogP contribution in [0, 0.1) is 24.5 Å². The van der Waals surface area contributed by atoms with E-state index < -0.39 is 18.5 Å². The summed E-state index contributed by atoms with van der Waals surface area (Å²) in [5, 5.41) is 24.4. The predicted molar refractivity (Wildman–Crippen MR) is 105 cm³/mol. The zero-order valence-electron chi connectivity index (χ0n) is 15.6. The number of aromatic nitrogens is 4. The predicted octanol–water partition coefficient (Wildman–Crippen LogP) is 2.65. The third kappa shape index (κ3) is 4.97. The first-order chi connectivity index (χ1) is 14.0. The number of benzene rings is 2. The number of anilines is 1. The van der Waals surface area contributed by atoms with Crippen LogP contribution in [0.25, 0.3) is 5.69 Å². The Labute approximate surface area is 170 Å². The van der Waals surface area contributed by atoms with Gasteiger partial charge in [-0.25, -0.2) is 9.48 Å². The van der Waals surface area contributed by atoms with Gasteiger partial charge < -0.3 is 10.1 Å². The standard InChI is InChI=1S/C19H16N6O3S/c1-12-7-16(29-10-20)8-13(2)18(12)22-17(26)9-28-19(27)14-3-5-15(6-4-14)25-11-21-23-24-25/h3-8,11H,9H2,1-2H3,(H,22,26). The first-order valence-corrected chi connectivity index (χ1v) is 9.27. The number of hydrogen-bond donors (Lipinski definition) is 1. The summed E-state index contributed by atoms with van der Waals surface area (Å²) in [6.07, 6.45) is 1.44. The molecule has 0 aliphatic rings. The number of thiocyanates is 1. The number of aryl methyl sites for hydroxylation is 2. The average molecular weight is 408 g/mol. The van der Waals surface area contributed by atoms with Gasteiger partial charge in [-0.3, -0.25) is 4.79 Å². The molecule has 2 aromatic carbocycles. The van der Waals surface area contributed by atoms with Gasteiger partial charge in [-0.05, 0) is 83.6 Å². The third-order valence-electron chi connectivity index (χ3n) is 3.99. The number of nitrogens with zero attached hydrogens (tertiary/aromatic N) is 5. The number of amides is 1. The van der Waals surface area contributed by atoms with Gasteiger partial charge in [0.2, 0.25) is 0 Å². The molecule has 1 heterocycles. The number of nitriles is 1. The van der Waals surface area contributed by atoms with E-state index in [4.69, 9.17) is 10.00 Å². The van der Waals surface area contributed by atoms with Gasteiger partial charge in [-0.15, -0.1) is 5.10 Å². The quantitative estimate of drug-likeness (QED) is 0.375. The zero-order valence-corrected chi connectivity index (χ0v) is 16.4. The first-order valence-electron chi connectivity index (χ1n) is 8.45. The third-order valence-corrected chi connectivity index (χ3v) is 4.55. The van der Waals surface area contributed by atoms with Crippen molar-refractivity contribution in [2.24, 2.45) is 0 Å². The lowest BCUT2D eigenvalue weighted by molar-refractivity contribution is -0.119. The molecule has 1 N–H and O–H groups in total. The van der Waals surface area contributed by atoms with Crippen molar-refractivity contribution >= 4 is 29.3 Å². The minimum absolute atomic E-state index is 0.305. The molecule has 9 nitrogen and oxygen atoms in total. The van der Waals surface area contributed by atoms with Crippen LogP contribution in [-0.2, 0) is 9.53 Å². The van der Waals surface area contributed by atoms with E-state index in [9.17, 15) is 9.59 Å². The number of carbonyl (C=O) groups excluding carboxylic acids is 2. The van der Waals surface area contributed by atoms with E-state index in [1.54, 1.807) is 24.3 Å². The van der Waals surface area contributed by atoms with Gasteiger partial charge in [0.1, 0.15) is 11.7 Å². The average Bonchev–Trinajstić information content (AvgIpc) is 3.24. The van der Waals surface area contributed by atoms with Gasteiger partial charge in [0.25, 0.3) is 5.91 Å². The van der Waals surface area contributed by atoms with Crippen molar-refractivity contribution in [3.8, 4) is 11.1 Å². The normalized spacial score (nSPS) is 10.2. The molecule has 0 bridgehead atoms. The maximum Gasteiger partial charge on any atom is 0.338 e. The monoisotopic (exact) mass is 408 g/mol. The Morgan fingerprint density at radius 1 is 1.21 bits per heavy atom. The van der Waals surface area contributed by atoms with E-state index in [1.165, 1.54) is 11.0 Å². The van der Waals surface area contributed by atoms with Crippen LogP contribution in [0.15, 0.2) is 47.6 Å². The Bertz CT molecular complexity index is 1050. The van der Waals surface area contributed by atoms with Crippen LogP contribution in [0.5, 0.6) is 0 Å². The number of nitrogens with one attached hydrogen (secondary N) is 1. The van der Waals surface area contributed by atoms with Crippen LogP contribution in [0.4, 0.5) is 5.69 Å². The Morgan fingerprint density at radius 3 is 2.48 bits per heavy atom. The number of carbonyl (C=O) groups is 2. The maximum absolute atomic E-state index is 12.2. The van der Waals surface area contributed by atoms with E-state index >= 15 is 0 Å². The van der Waals surface area contributed by atoms with Crippen molar-refractivity contribution in [2.75, 3.05) is 11.9 Å². The molecule has 146 valence electrons. The lowest BCUT2D eigenvalue weighted by atomic mass is 10.1. The van der Waals surface area contributed by atoms with E-state index in [2.05, 4.69) is 20.8 Å². The lowest BCUT2D eigenvalue weighted by Crippen LogP contribution is -2.22. The van der Waals surface area contributed by atoms with Crippen LogP contribution in [0.3, 0.4) is 0 Å². The molecular formula is C19H16N6O3S. The van der Waals surface area contributed by atoms with Crippen LogP contribution < -0.4 is 5.32 Å². The van der Waals surface area contributed by atoms with Crippen molar-refractivity contribution in [2.45, 2.75) is 18.7 Å². The molecule has 29 heavy (non-hydrogen) atoms. The molecule has 0 aliphatic carbocycles. The number of hydrogen-bond acceptors (Lipinski definition) is 8. The van der Waals surface area contributed by atoms with Crippen LogP contribution >= 0.6 is 11.8 Å². The summed E-state index contributed by atoms with van der Waals surface area (Å²) in [5.41, 5.74) is 3.27. The highest BCUT2D eigenvalue weighted by atomic mass is 32.2. The largest absolute Gasteiger partial charge is 0.452 e. The molecule has 0 saturated heterocycles. The summed E-state index contributed by atoms with van der Waals surface area (Å²) < 4.78 is 6.54. The molecule has 0 atom stereocenters. The molecule has 3 aromatic rings. The molecule has 3 rings (SSSR count). The summed E-state index contributed by atoms with van der Waals surface area (Å²) in [6, 6.07) is 10.1. The highest BCUT2D eigenvalue weighted by Crippen LogP contribution is 2.27. The van der Waals surface area contributed by atoms with Crippen LogP contribution in [-0.4, -0.2) is 38.7 Å². The maximum atomic E-state index is 12.2. The number of ether oxygens (including phenoxy) is 1. The Hall–Kier alpha value is -3.71. The van der Waals surface area contributed by atoms with Gasteiger partial charge >= 0.3 is 5.97 Å². The molecule has 0 fully saturated rings. The molecule has 0 saturated carbocycles. The van der Waals surface area contributed by atoms with Gasteiger partial charge in [0.05, 0.1) is 11.3 Å². The van der Waals surface area contributed by atoms with Gasteiger partial charge in [0.15, 0.2) is 6.61 Å². The second kappa shape index (κ2) is 8.99. The minimum Gasteiger partial charge on any atom is -0.452 e. The smallest absolute Gasteiger partial charge is 0.338 e. The van der Waals surface area contributed by atoms with Gasteiger partial charge in [-0.2, -0.15) is 5.26 Å². The number of tetrazole rings is 1. The molecule has 0 spiro atoms. The Balaban J connectivity index is 1.58. The Kier molecular flexibility index (Phi) is 6.21. The van der Waals surface area contributed by atoms with Crippen molar-refractivity contribution in [1.29, 1.82) is 5.26 Å². The fourth-order valence-corrected chi connectivity index (χ4v) is 3.23. The number of rotatable bonds is 6. The SMILES string of the molecule is Cc1cc(SC#N)cc(C)c1NC(=O)COC(=O)c1ccc(-n2cnnn2)cc1. The highest BCUT2D eigenvalue weighted by Gasteiger charge is 2.13. The van der Waals surface area contributed by atoms with Gasteiger partial charge in [0, 0.05) is 10.6 Å². The fourth-order valence-electron chi connectivity index (χ4n) is 2.65. The van der Waals surface area contributed by atoms with Crippen molar-refractivity contribution < 1.29 is 14.3 Å². The summed E-state index contributed by atoms with van der Waals surface area (Å²) in [6.45, 7) is 3.26. The van der Waals surface area contributed by atoms with Crippen LogP contribution in [0.2, 0.25) is 0 Å². The summed E-state index contributed by atoms with van der Waals surface area (Å²) >= 11 is 1.05. The van der Waals surface area contributed by atoms with Crippen molar-refractivity contribution in [3.63, 3.8) is 0 Å². The van der Waals surface area contributed by atoms with E-state index in [0.717, 1.165) is 27.8 Å². The van der Waals surface area contributed by atoms with E-state index in [-0.39, 0.29) is 0 Å².